The van der Waals surface area contributed by atoms with Crippen LogP contribution in [0.3, 0.4) is 0 Å². The van der Waals surface area contributed by atoms with Crippen LogP contribution < -0.4 is 0 Å². The molecule has 0 radical (unpaired) electrons. The molecule has 0 atom stereocenters. The highest BCUT2D eigenvalue weighted by atomic mass is 35.5. The van der Waals surface area contributed by atoms with Crippen LogP contribution in [0.15, 0.2) is 23.4 Å². The van der Waals surface area contributed by atoms with E-state index in [-0.39, 0.29) is 5.82 Å². The van der Waals surface area contributed by atoms with Crippen LogP contribution in [0, 0.1) is 5.82 Å². The number of carbonyl (C=O) groups is 1. The molecule has 1 aromatic carbocycles. The van der Waals surface area contributed by atoms with E-state index in [2.05, 4.69) is 12.1 Å². The Morgan fingerprint density at radius 1 is 1.40 bits per heavy atom. The molecule has 0 aromatic heterocycles. The zero-order valence-electron chi connectivity index (χ0n) is 14.6. The molecule has 1 saturated carbocycles. The minimum absolute atomic E-state index is 0.330. The Morgan fingerprint density at radius 3 is 2.48 bits per heavy atom. The summed E-state index contributed by atoms with van der Waals surface area (Å²) in [5, 5.41) is 20.0. The van der Waals surface area contributed by atoms with Crippen molar-refractivity contribution in [2.24, 2.45) is 5.16 Å². The molecule has 2 rings (SSSR count). The van der Waals surface area contributed by atoms with Gasteiger partial charge in [-0.2, -0.15) is 0 Å². The molecule has 1 fully saturated rings. The summed E-state index contributed by atoms with van der Waals surface area (Å²) < 4.78 is 20.4. The van der Waals surface area contributed by atoms with Crippen molar-refractivity contribution in [3.05, 3.63) is 34.6 Å². The number of benzene rings is 1. The zero-order valence-corrected chi connectivity index (χ0v) is 15.4. The fourth-order valence-corrected chi connectivity index (χ4v) is 3.19. The summed E-state index contributed by atoms with van der Waals surface area (Å²) in [5.74, 6) is -1.16. The molecule has 1 aliphatic rings. The van der Waals surface area contributed by atoms with Crippen molar-refractivity contribution in [1.29, 1.82) is 0 Å². The molecule has 0 unspecified atom stereocenters. The Balaban J connectivity index is 0.000000705. The quantitative estimate of drug-likeness (QED) is 0.433. The zero-order chi connectivity index (χ0) is 18.9. The van der Waals surface area contributed by atoms with Crippen LogP contribution in [0.4, 0.5) is 4.39 Å². The van der Waals surface area contributed by atoms with Crippen LogP contribution in [0.1, 0.15) is 57.9 Å². The SMILES string of the molecule is CC(=O)O.CCCCOC1(c2c(F)cccc2Cl)CCC(=NO)CC1. The largest absolute Gasteiger partial charge is 0.481 e. The molecule has 5 nitrogen and oxygen atoms in total. The fraction of sp³-hybridized carbons (Fsp3) is 0.556. The summed E-state index contributed by atoms with van der Waals surface area (Å²) in [5.41, 5.74) is 0.461. The van der Waals surface area contributed by atoms with E-state index in [1.165, 1.54) is 6.07 Å². The molecule has 0 saturated heterocycles. The minimum Gasteiger partial charge on any atom is -0.481 e. The van der Waals surface area contributed by atoms with Crippen molar-refractivity contribution in [3.63, 3.8) is 0 Å². The van der Waals surface area contributed by atoms with Gasteiger partial charge in [-0.05, 0) is 44.2 Å². The first-order chi connectivity index (χ1) is 11.9. The third-order valence-electron chi connectivity index (χ3n) is 4.07. The highest BCUT2D eigenvalue weighted by molar-refractivity contribution is 6.31. The lowest BCUT2D eigenvalue weighted by Crippen LogP contribution is -2.36. The Morgan fingerprint density at radius 2 is 2.00 bits per heavy atom. The molecule has 0 bridgehead atoms. The van der Waals surface area contributed by atoms with Gasteiger partial charge in [-0.3, -0.25) is 4.79 Å². The molecule has 2 N–H and O–H groups in total. The third kappa shape index (κ3) is 6.29. The summed E-state index contributed by atoms with van der Waals surface area (Å²) in [6.45, 7) is 3.75. The number of nitrogens with zero attached hydrogens (tertiary/aromatic N) is 1. The lowest BCUT2D eigenvalue weighted by atomic mass is 9.78. The van der Waals surface area contributed by atoms with E-state index in [1.807, 2.05) is 0 Å². The van der Waals surface area contributed by atoms with Crippen molar-refractivity contribution in [3.8, 4) is 0 Å². The summed E-state index contributed by atoms with van der Waals surface area (Å²) in [4.78, 5) is 9.00. The van der Waals surface area contributed by atoms with Gasteiger partial charge in [0, 0.05) is 24.1 Å². The second kappa shape index (κ2) is 10.4. The van der Waals surface area contributed by atoms with Gasteiger partial charge >= 0.3 is 0 Å². The Labute approximate surface area is 152 Å². The van der Waals surface area contributed by atoms with Gasteiger partial charge in [0.1, 0.15) is 5.82 Å². The highest BCUT2D eigenvalue weighted by Crippen LogP contribution is 2.44. The predicted octanol–water partition coefficient (Wildman–Crippen LogP) is 4.99. The number of unbranched alkanes of at least 4 members (excludes halogenated alkanes) is 1. The predicted molar refractivity (Wildman–Crippen MR) is 94.9 cm³/mol. The molecule has 25 heavy (non-hydrogen) atoms. The molecule has 140 valence electrons. The Hall–Kier alpha value is -1.66. The fourth-order valence-electron chi connectivity index (χ4n) is 2.85. The number of carboxylic acid groups (broad SMARTS) is 1. The van der Waals surface area contributed by atoms with E-state index >= 15 is 0 Å². The number of aliphatic carboxylic acids is 1. The van der Waals surface area contributed by atoms with Crippen LogP contribution in [0.25, 0.3) is 0 Å². The van der Waals surface area contributed by atoms with Crippen molar-refractivity contribution in [2.45, 2.75) is 58.0 Å². The van der Waals surface area contributed by atoms with Gasteiger partial charge in [-0.25, -0.2) is 4.39 Å². The van der Waals surface area contributed by atoms with Gasteiger partial charge in [0.2, 0.25) is 0 Å². The number of rotatable bonds is 5. The van der Waals surface area contributed by atoms with Gasteiger partial charge in [0.15, 0.2) is 0 Å². The van der Waals surface area contributed by atoms with Gasteiger partial charge in [-0.1, -0.05) is 36.2 Å². The lowest BCUT2D eigenvalue weighted by molar-refractivity contribution is -0.134. The lowest BCUT2D eigenvalue weighted by Gasteiger charge is -2.38. The second-order valence-electron chi connectivity index (χ2n) is 5.98. The van der Waals surface area contributed by atoms with E-state index in [4.69, 9.17) is 31.4 Å². The Kier molecular flexibility index (Phi) is 8.86. The van der Waals surface area contributed by atoms with E-state index in [9.17, 15) is 4.39 Å². The molecule has 0 amide bonds. The van der Waals surface area contributed by atoms with Crippen molar-refractivity contribution in [1.82, 2.24) is 0 Å². The molecule has 0 spiro atoms. The summed E-state index contributed by atoms with van der Waals surface area (Å²) in [7, 11) is 0. The maximum atomic E-state index is 14.3. The van der Waals surface area contributed by atoms with E-state index < -0.39 is 11.6 Å². The van der Waals surface area contributed by atoms with Gasteiger partial charge in [0.25, 0.3) is 5.97 Å². The summed E-state index contributed by atoms with van der Waals surface area (Å²) in [6, 6.07) is 4.71. The molecule has 7 heteroatoms. The number of hydrogen-bond donors (Lipinski definition) is 2. The number of hydrogen-bond acceptors (Lipinski definition) is 4. The molecular weight excluding hydrogens is 349 g/mol. The van der Waals surface area contributed by atoms with Crippen LogP contribution >= 0.6 is 11.6 Å². The van der Waals surface area contributed by atoms with Crippen LogP contribution in [0.5, 0.6) is 0 Å². The monoisotopic (exact) mass is 373 g/mol. The van der Waals surface area contributed by atoms with Gasteiger partial charge in [-0.15, -0.1) is 0 Å². The van der Waals surface area contributed by atoms with E-state index in [0.717, 1.165) is 25.5 Å². The first kappa shape index (κ1) is 21.4. The summed E-state index contributed by atoms with van der Waals surface area (Å²) in [6.07, 6.45) is 4.29. The second-order valence-corrected chi connectivity index (χ2v) is 6.39. The molecule has 0 heterocycles. The standard InChI is InChI=1S/C16H21ClFNO2.C2H4O2/c1-2-3-11-21-16(9-7-12(19-20)8-10-16)15-13(17)5-4-6-14(15)18;1-2(3)4/h4-6,20H,2-3,7-11H2,1H3;1H3,(H,3,4). The summed E-state index contributed by atoms with van der Waals surface area (Å²) >= 11 is 6.24. The normalized spacial score (nSPS) is 19.8. The molecule has 1 aliphatic carbocycles. The number of ether oxygens (including phenoxy) is 1. The highest BCUT2D eigenvalue weighted by Gasteiger charge is 2.40. The van der Waals surface area contributed by atoms with Crippen LogP contribution in [0.2, 0.25) is 5.02 Å². The topological polar surface area (TPSA) is 79.1 Å². The molecular formula is C18H25ClFNO4. The first-order valence-corrected chi connectivity index (χ1v) is 8.72. The van der Waals surface area contributed by atoms with Crippen LogP contribution in [-0.4, -0.2) is 28.6 Å². The number of halogens is 2. The Bertz CT molecular complexity index is 572. The maximum absolute atomic E-state index is 14.3. The molecule has 0 aliphatic heterocycles. The number of oxime groups is 1. The van der Waals surface area contributed by atoms with Gasteiger partial charge in [0.05, 0.1) is 11.3 Å². The number of carboxylic acids is 1. The van der Waals surface area contributed by atoms with Crippen molar-refractivity contribution in [2.75, 3.05) is 6.61 Å². The average molecular weight is 374 g/mol. The minimum atomic E-state index is -0.833. The van der Waals surface area contributed by atoms with Crippen LogP contribution in [-0.2, 0) is 15.1 Å². The van der Waals surface area contributed by atoms with Gasteiger partial charge < -0.3 is 15.1 Å². The molecule has 1 aromatic rings. The van der Waals surface area contributed by atoms with Crippen molar-refractivity contribution >= 4 is 23.3 Å². The third-order valence-corrected chi connectivity index (χ3v) is 4.39. The van der Waals surface area contributed by atoms with Crippen molar-refractivity contribution < 1.29 is 24.2 Å². The smallest absolute Gasteiger partial charge is 0.300 e. The maximum Gasteiger partial charge on any atom is 0.300 e. The average Bonchev–Trinajstić information content (AvgIpc) is 2.55. The van der Waals surface area contributed by atoms with E-state index in [1.54, 1.807) is 12.1 Å². The van der Waals surface area contributed by atoms with E-state index in [0.29, 0.717) is 42.9 Å². The first-order valence-electron chi connectivity index (χ1n) is 8.34.